The lowest BCUT2D eigenvalue weighted by atomic mass is 9.98. The number of hydrogen-bond acceptors (Lipinski definition) is 11. The average Bonchev–Trinajstić information content (AvgIpc) is 3.39. The molecular formula is C63H100O12. The van der Waals surface area contributed by atoms with Crippen LogP contribution in [-0.4, -0.2) is 89.2 Å². The smallest absolute Gasteiger partial charge is 0.335 e. The quantitative estimate of drug-likeness (QED) is 0.0228. The highest BCUT2D eigenvalue weighted by Gasteiger charge is 2.50. The maximum Gasteiger partial charge on any atom is 0.335 e. The molecule has 6 unspecified atom stereocenters. The van der Waals surface area contributed by atoms with E-state index in [-0.39, 0.29) is 25.9 Å². The molecule has 424 valence electrons. The molecule has 1 aliphatic rings. The molecule has 0 bridgehead atoms. The molecule has 0 aromatic rings. The van der Waals surface area contributed by atoms with Gasteiger partial charge in [-0.2, -0.15) is 0 Å². The standard InChI is InChI=1S/C63H100O12/c1-4-7-10-13-16-19-21-23-25-27-28-30-31-33-35-38-40-43-46-49-55(64)71-52-54(73-56(65)50-47-44-41-37-18-15-12-9-6-3)53-72-63-61(59(68)58(67)60(75-63)62(69)70)74-57(66)51-48-45-42-39-36-34-32-29-26-24-22-20-17-14-11-8-5-2/h7-8,10-11,16-17,19-20,23-26,28,30,32,34,39,42,54,58-61,63,67-68H,4-6,9,12-15,18,21-22,27,29,31,33,35-38,40-41,43-53H2,1-3H3,(H,69,70)/b10-7-,11-8-,19-16-,20-17-,25-23-,26-24-,30-28-,34-32-,42-39-. The Labute approximate surface area is 453 Å². The monoisotopic (exact) mass is 1050 g/mol. The summed E-state index contributed by atoms with van der Waals surface area (Å²) in [6.07, 6.45) is 55.0. The van der Waals surface area contributed by atoms with E-state index in [2.05, 4.69) is 118 Å². The summed E-state index contributed by atoms with van der Waals surface area (Å²) >= 11 is 0. The van der Waals surface area contributed by atoms with E-state index < -0.39 is 67.3 Å². The summed E-state index contributed by atoms with van der Waals surface area (Å²) in [6, 6.07) is 0. The molecule has 1 rings (SSSR count). The molecule has 75 heavy (non-hydrogen) atoms. The fourth-order valence-electron chi connectivity index (χ4n) is 7.98. The van der Waals surface area contributed by atoms with E-state index in [1.165, 1.54) is 32.1 Å². The van der Waals surface area contributed by atoms with Gasteiger partial charge in [0.1, 0.15) is 18.8 Å². The Morgan fingerprint density at radius 3 is 1.32 bits per heavy atom. The molecule has 1 fully saturated rings. The molecule has 12 nitrogen and oxygen atoms in total. The van der Waals surface area contributed by atoms with E-state index >= 15 is 0 Å². The van der Waals surface area contributed by atoms with Crippen molar-refractivity contribution in [3.8, 4) is 0 Å². The molecule has 0 amide bonds. The Morgan fingerprint density at radius 1 is 0.453 bits per heavy atom. The van der Waals surface area contributed by atoms with Crippen molar-refractivity contribution >= 4 is 23.9 Å². The van der Waals surface area contributed by atoms with Gasteiger partial charge < -0.3 is 39.0 Å². The third kappa shape index (κ3) is 40.3. The van der Waals surface area contributed by atoms with Crippen LogP contribution < -0.4 is 0 Å². The number of carboxylic acid groups (broad SMARTS) is 1. The first kappa shape index (κ1) is 68.4. The second-order valence-electron chi connectivity index (χ2n) is 19.2. The topological polar surface area (TPSA) is 175 Å². The van der Waals surface area contributed by atoms with Crippen LogP contribution in [0.2, 0.25) is 0 Å². The molecule has 1 saturated heterocycles. The van der Waals surface area contributed by atoms with E-state index in [4.69, 9.17) is 23.7 Å². The number of aliphatic hydroxyl groups is 2. The number of carbonyl (C=O) groups excluding carboxylic acids is 3. The summed E-state index contributed by atoms with van der Waals surface area (Å²) < 4.78 is 28.3. The van der Waals surface area contributed by atoms with E-state index in [9.17, 15) is 34.5 Å². The van der Waals surface area contributed by atoms with Crippen LogP contribution in [0.1, 0.15) is 213 Å². The number of hydrogen-bond donors (Lipinski definition) is 3. The molecule has 0 saturated carbocycles. The first-order chi connectivity index (χ1) is 36.6. The second-order valence-corrected chi connectivity index (χ2v) is 19.2. The van der Waals surface area contributed by atoms with E-state index in [1.807, 2.05) is 12.2 Å². The van der Waals surface area contributed by atoms with Crippen LogP contribution in [-0.2, 0) is 42.9 Å². The van der Waals surface area contributed by atoms with Crippen molar-refractivity contribution in [2.45, 2.75) is 250 Å². The molecular weight excluding hydrogens is 949 g/mol. The number of rotatable bonds is 47. The summed E-state index contributed by atoms with van der Waals surface area (Å²) in [5.74, 6) is -3.23. The van der Waals surface area contributed by atoms with Gasteiger partial charge in [-0.05, 0) is 96.3 Å². The van der Waals surface area contributed by atoms with Crippen LogP contribution in [0.3, 0.4) is 0 Å². The summed E-state index contributed by atoms with van der Waals surface area (Å²) in [6.45, 7) is 5.69. The van der Waals surface area contributed by atoms with Gasteiger partial charge in [-0.3, -0.25) is 14.4 Å². The van der Waals surface area contributed by atoms with Gasteiger partial charge in [-0.25, -0.2) is 4.79 Å². The molecule has 0 aromatic heterocycles. The second kappa shape index (κ2) is 50.2. The molecule has 0 aromatic carbocycles. The first-order valence-corrected chi connectivity index (χ1v) is 28.9. The minimum absolute atomic E-state index is 0.0234. The van der Waals surface area contributed by atoms with Gasteiger partial charge in [0.15, 0.2) is 24.6 Å². The Morgan fingerprint density at radius 2 is 0.853 bits per heavy atom. The highest BCUT2D eigenvalue weighted by molar-refractivity contribution is 5.74. The van der Waals surface area contributed by atoms with Gasteiger partial charge in [0, 0.05) is 19.3 Å². The number of unbranched alkanes of at least 4 members (excludes halogenated alkanes) is 15. The van der Waals surface area contributed by atoms with Crippen molar-refractivity contribution in [1.29, 1.82) is 0 Å². The van der Waals surface area contributed by atoms with Gasteiger partial charge in [-0.1, -0.05) is 207 Å². The molecule has 0 radical (unpaired) electrons. The molecule has 6 atom stereocenters. The zero-order valence-corrected chi connectivity index (χ0v) is 46.5. The molecule has 3 N–H and O–H groups in total. The Hall–Kier alpha value is -4.62. The van der Waals surface area contributed by atoms with Crippen molar-refractivity contribution in [3.63, 3.8) is 0 Å². The SMILES string of the molecule is CC/C=C\C/C=C\C/C=C\C/C=C\C/C=C\CCCC(=O)OC1C(OCC(COC(=O)CCCCCCCC/C=C\C/C=C\C/C=C\C/C=C\CC)OC(=O)CCCCCCCCCCC)OC(C(=O)O)C(O)C1O. The van der Waals surface area contributed by atoms with Crippen LogP contribution in [0.15, 0.2) is 109 Å². The number of aliphatic carboxylic acids is 1. The van der Waals surface area contributed by atoms with Gasteiger partial charge in [-0.15, -0.1) is 0 Å². The lowest BCUT2D eigenvalue weighted by Crippen LogP contribution is -2.61. The number of carboxylic acids is 1. The number of ether oxygens (including phenoxy) is 5. The minimum atomic E-state index is -1.93. The molecule has 0 aliphatic carbocycles. The van der Waals surface area contributed by atoms with Crippen LogP contribution in [0.4, 0.5) is 0 Å². The van der Waals surface area contributed by atoms with E-state index in [0.29, 0.717) is 25.7 Å². The number of carbonyl (C=O) groups is 4. The molecule has 1 aliphatic heterocycles. The van der Waals surface area contributed by atoms with Gasteiger partial charge in [0.2, 0.25) is 0 Å². The van der Waals surface area contributed by atoms with Crippen molar-refractivity contribution in [1.82, 2.24) is 0 Å². The summed E-state index contributed by atoms with van der Waals surface area (Å²) in [4.78, 5) is 51.0. The predicted octanol–water partition coefficient (Wildman–Crippen LogP) is 14.7. The van der Waals surface area contributed by atoms with Crippen molar-refractivity contribution in [3.05, 3.63) is 109 Å². The Balaban J connectivity index is 2.69. The average molecular weight is 1050 g/mol. The van der Waals surface area contributed by atoms with Gasteiger partial charge in [0.25, 0.3) is 0 Å². The van der Waals surface area contributed by atoms with Gasteiger partial charge >= 0.3 is 23.9 Å². The largest absolute Gasteiger partial charge is 0.479 e. The van der Waals surface area contributed by atoms with Crippen LogP contribution >= 0.6 is 0 Å². The van der Waals surface area contributed by atoms with Crippen molar-refractivity contribution in [2.75, 3.05) is 13.2 Å². The lowest BCUT2D eigenvalue weighted by molar-refractivity contribution is -0.301. The number of aliphatic hydroxyl groups excluding tert-OH is 2. The highest BCUT2D eigenvalue weighted by Crippen LogP contribution is 2.26. The Bertz CT molecular complexity index is 1720. The summed E-state index contributed by atoms with van der Waals surface area (Å²) in [7, 11) is 0. The maximum absolute atomic E-state index is 13.1. The fourth-order valence-corrected chi connectivity index (χ4v) is 7.98. The number of allylic oxidation sites excluding steroid dienone is 18. The first-order valence-electron chi connectivity index (χ1n) is 28.9. The molecule has 0 spiro atoms. The van der Waals surface area contributed by atoms with Crippen molar-refractivity contribution < 1.29 is 58.2 Å². The third-order valence-electron chi connectivity index (χ3n) is 12.3. The normalized spacial score (nSPS) is 19.0. The zero-order valence-electron chi connectivity index (χ0n) is 46.5. The van der Waals surface area contributed by atoms with E-state index in [1.54, 1.807) is 0 Å². The van der Waals surface area contributed by atoms with E-state index in [0.717, 1.165) is 116 Å². The lowest BCUT2D eigenvalue weighted by Gasteiger charge is -2.40. The van der Waals surface area contributed by atoms with Crippen LogP contribution in [0.25, 0.3) is 0 Å². The van der Waals surface area contributed by atoms with Gasteiger partial charge in [0.05, 0.1) is 6.61 Å². The highest BCUT2D eigenvalue weighted by atomic mass is 16.7. The molecule has 1 heterocycles. The fraction of sp³-hybridized carbons (Fsp3) is 0.651. The summed E-state index contributed by atoms with van der Waals surface area (Å²) in [5, 5.41) is 31.4. The minimum Gasteiger partial charge on any atom is -0.479 e. The zero-order chi connectivity index (χ0) is 54.7. The number of esters is 3. The maximum atomic E-state index is 13.1. The Kier molecular flexibility index (Phi) is 45.8. The predicted molar refractivity (Wildman–Crippen MR) is 303 cm³/mol. The van der Waals surface area contributed by atoms with Crippen LogP contribution in [0.5, 0.6) is 0 Å². The van der Waals surface area contributed by atoms with Crippen LogP contribution in [0, 0.1) is 0 Å². The third-order valence-corrected chi connectivity index (χ3v) is 12.3. The van der Waals surface area contributed by atoms with Crippen molar-refractivity contribution in [2.24, 2.45) is 0 Å². The summed E-state index contributed by atoms with van der Waals surface area (Å²) in [5.41, 5.74) is 0. The molecule has 12 heteroatoms.